The Morgan fingerprint density at radius 2 is 1.81 bits per heavy atom. The fraction of sp³-hybridized carbons (Fsp3) is 0.435. The number of hydrogen-bond acceptors (Lipinski definition) is 5. The minimum atomic E-state index is -3.73. The van der Waals surface area contributed by atoms with Crippen molar-refractivity contribution in [1.29, 1.82) is 0 Å². The van der Waals surface area contributed by atoms with Crippen LogP contribution in [0.5, 0.6) is 5.75 Å². The average molecular weight is 445 g/mol. The number of sulfonamides is 1. The lowest BCUT2D eigenvalue weighted by molar-refractivity contribution is -0.131. The molecule has 1 saturated carbocycles. The molecule has 0 N–H and O–H groups in total. The van der Waals surface area contributed by atoms with E-state index in [0.29, 0.717) is 38.4 Å². The van der Waals surface area contributed by atoms with Crippen LogP contribution in [-0.2, 0) is 32.5 Å². The highest BCUT2D eigenvalue weighted by Crippen LogP contribution is 2.31. The molecule has 4 rings (SSSR count). The molecule has 1 saturated heterocycles. The molecule has 1 amide bonds. The molecule has 0 aromatic heterocycles. The van der Waals surface area contributed by atoms with Crippen molar-refractivity contribution in [2.45, 2.75) is 36.7 Å². The summed E-state index contributed by atoms with van der Waals surface area (Å²) >= 11 is 0. The van der Waals surface area contributed by atoms with Crippen LogP contribution in [0.1, 0.15) is 24.0 Å². The van der Waals surface area contributed by atoms with Gasteiger partial charge >= 0.3 is 0 Å². The third-order valence-electron chi connectivity index (χ3n) is 5.67. The molecule has 2 fully saturated rings. The zero-order chi connectivity index (χ0) is 21.8. The number of morpholine rings is 1. The highest BCUT2D eigenvalue weighted by atomic mass is 32.2. The number of carbonyl (C=O) groups is 1. The highest BCUT2D eigenvalue weighted by Gasteiger charge is 2.33. The quantitative estimate of drug-likeness (QED) is 0.625. The van der Waals surface area contributed by atoms with Crippen LogP contribution >= 0.6 is 0 Å². The summed E-state index contributed by atoms with van der Waals surface area (Å²) in [7, 11) is -2.28. The molecule has 0 radical (unpaired) electrons. The Kier molecular flexibility index (Phi) is 6.60. The van der Waals surface area contributed by atoms with Gasteiger partial charge in [-0.05, 0) is 36.1 Å². The van der Waals surface area contributed by atoms with E-state index in [1.54, 1.807) is 18.2 Å². The third kappa shape index (κ3) is 5.08. The SMILES string of the molecule is COc1ccc(CC(=O)N(Cc2ccccc2)C2CC2)cc1S(=O)(=O)N1CCOCC1. The summed E-state index contributed by atoms with van der Waals surface area (Å²) in [5.41, 5.74) is 1.75. The van der Waals surface area contributed by atoms with Gasteiger partial charge in [0.05, 0.1) is 26.7 Å². The van der Waals surface area contributed by atoms with Crippen LogP contribution in [0.15, 0.2) is 53.4 Å². The smallest absolute Gasteiger partial charge is 0.246 e. The predicted octanol–water partition coefficient (Wildman–Crippen LogP) is 2.45. The van der Waals surface area contributed by atoms with Gasteiger partial charge in [0.1, 0.15) is 10.6 Å². The molecule has 0 unspecified atom stereocenters. The number of nitrogens with zero attached hydrogens (tertiary/aromatic N) is 2. The van der Waals surface area contributed by atoms with E-state index in [2.05, 4.69) is 0 Å². The number of carbonyl (C=O) groups excluding carboxylic acids is 1. The first-order chi connectivity index (χ1) is 15.0. The standard InChI is InChI=1S/C23H28N2O5S/c1-29-21-10-7-19(15-22(21)31(27,28)24-11-13-30-14-12-24)16-23(26)25(20-8-9-20)17-18-5-3-2-4-6-18/h2-7,10,15,20H,8-9,11-14,16-17H2,1H3. The number of methoxy groups -OCH3 is 1. The molecule has 1 heterocycles. The Morgan fingerprint density at radius 3 is 2.45 bits per heavy atom. The summed E-state index contributed by atoms with van der Waals surface area (Å²) in [5, 5.41) is 0. The molecule has 0 spiro atoms. The lowest BCUT2D eigenvalue weighted by atomic mass is 10.1. The fourth-order valence-corrected chi connectivity index (χ4v) is 5.44. The van der Waals surface area contributed by atoms with Crippen molar-refractivity contribution < 1.29 is 22.7 Å². The number of hydrogen-bond donors (Lipinski definition) is 0. The van der Waals surface area contributed by atoms with Crippen LogP contribution in [0.4, 0.5) is 0 Å². The van der Waals surface area contributed by atoms with Gasteiger partial charge < -0.3 is 14.4 Å². The fourth-order valence-electron chi connectivity index (χ4n) is 3.82. The van der Waals surface area contributed by atoms with Crippen LogP contribution < -0.4 is 4.74 Å². The first kappa shape index (κ1) is 21.8. The van der Waals surface area contributed by atoms with Crippen molar-refractivity contribution in [1.82, 2.24) is 9.21 Å². The first-order valence-corrected chi connectivity index (χ1v) is 12.0. The Bertz CT molecular complexity index is 1020. The summed E-state index contributed by atoms with van der Waals surface area (Å²) in [6.07, 6.45) is 2.18. The van der Waals surface area contributed by atoms with Crippen molar-refractivity contribution in [2.75, 3.05) is 33.4 Å². The van der Waals surface area contributed by atoms with Crippen LogP contribution in [0.3, 0.4) is 0 Å². The minimum Gasteiger partial charge on any atom is -0.495 e. The van der Waals surface area contributed by atoms with Crippen LogP contribution in [0.2, 0.25) is 0 Å². The van der Waals surface area contributed by atoms with Gasteiger partial charge in [0.25, 0.3) is 0 Å². The summed E-state index contributed by atoms with van der Waals surface area (Å²) < 4.78 is 38.4. The molecular weight excluding hydrogens is 416 g/mol. The van der Waals surface area contributed by atoms with Gasteiger partial charge in [-0.25, -0.2) is 8.42 Å². The van der Waals surface area contributed by atoms with Crippen molar-refractivity contribution in [3.05, 3.63) is 59.7 Å². The van der Waals surface area contributed by atoms with E-state index in [9.17, 15) is 13.2 Å². The second-order valence-corrected chi connectivity index (χ2v) is 9.82. The van der Waals surface area contributed by atoms with Gasteiger partial charge in [0, 0.05) is 25.7 Å². The minimum absolute atomic E-state index is 0.00578. The van der Waals surface area contributed by atoms with Crippen molar-refractivity contribution in [3.63, 3.8) is 0 Å². The van der Waals surface area contributed by atoms with E-state index in [1.807, 2.05) is 35.2 Å². The van der Waals surface area contributed by atoms with Crippen LogP contribution in [-0.4, -0.2) is 63.0 Å². The topological polar surface area (TPSA) is 76.2 Å². The zero-order valence-corrected chi connectivity index (χ0v) is 18.5. The number of ether oxygens (including phenoxy) is 2. The lowest BCUT2D eigenvalue weighted by Crippen LogP contribution is -2.40. The molecule has 2 aromatic carbocycles. The van der Waals surface area contributed by atoms with Crippen LogP contribution in [0.25, 0.3) is 0 Å². The van der Waals surface area contributed by atoms with Gasteiger partial charge in [-0.2, -0.15) is 4.31 Å². The molecule has 8 heteroatoms. The maximum absolute atomic E-state index is 13.2. The molecule has 1 aliphatic carbocycles. The third-order valence-corrected chi connectivity index (χ3v) is 7.59. The van der Waals surface area contributed by atoms with Gasteiger partial charge in [0.15, 0.2) is 0 Å². The monoisotopic (exact) mass is 444 g/mol. The zero-order valence-electron chi connectivity index (χ0n) is 17.7. The number of rotatable bonds is 8. The van der Waals surface area contributed by atoms with E-state index in [-0.39, 0.29) is 29.0 Å². The lowest BCUT2D eigenvalue weighted by Gasteiger charge is -2.27. The van der Waals surface area contributed by atoms with Gasteiger partial charge in [0.2, 0.25) is 15.9 Å². The summed E-state index contributed by atoms with van der Waals surface area (Å²) in [6, 6.07) is 15.2. The molecule has 0 atom stereocenters. The van der Waals surface area contributed by atoms with E-state index in [1.165, 1.54) is 11.4 Å². The van der Waals surface area contributed by atoms with Crippen LogP contribution in [0, 0.1) is 0 Å². The van der Waals surface area contributed by atoms with Crippen molar-refractivity contribution >= 4 is 15.9 Å². The number of amides is 1. The van der Waals surface area contributed by atoms with Crippen molar-refractivity contribution in [2.24, 2.45) is 0 Å². The Hall–Kier alpha value is -2.42. The largest absolute Gasteiger partial charge is 0.495 e. The Morgan fingerprint density at radius 1 is 1.10 bits per heavy atom. The molecule has 2 aromatic rings. The predicted molar refractivity (Wildman–Crippen MR) is 116 cm³/mol. The molecule has 31 heavy (non-hydrogen) atoms. The maximum Gasteiger partial charge on any atom is 0.246 e. The Balaban J connectivity index is 1.55. The molecule has 1 aliphatic heterocycles. The van der Waals surface area contributed by atoms with E-state index >= 15 is 0 Å². The molecule has 2 aliphatic rings. The van der Waals surface area contributed by atoms with E-state index in [4.69, 9.17) is 9.47 Å². The van der Waals surface area contributed by atoms with Gasteiger partial charge in [-0.15, -0.1) is 0 Å². The second-order valence-electron chi connectivity index (χ2n) is 7.92. The summed E-state index contributed by atoms with van der Waals surface area (Å²) in [5.74, 6) is 0.289. The average Bonchev–Trinajstić information content (AvgIpc) is 3.64. The first-order valence-electron chi connectivity index (χ1n) is 10.6. The molecule has 166 valence electrons. The highest BCUT2D eigenvalue weighted by molar-refractivity contribution is 7.89. The Labute approximate surface area is 183 Å². The molecule has 7 nitrogen and oxygen atoms in total. The second kappa shape index (κ2) is 9.38. The summed E-state index contributed by atoms with van der Waals surface area (Å²) in [4.78, 5) is 15.1. The molecular formula is C23H28N2O5S. The van der Waals surface area contributed by atoms with Gasteiger partial charge in [-0.3, -0.25) is 4.79 Å². The normalized spacial score (nSPS) is 17.3. The van der Waals surface area contributed by atoms with E-state index in [0.717, 1.165) is 18.4 Å². The maximum atomic E-state index is 13.2. The molecule has 0 bridgehead atoms. The summed E-state index contributed by atoms with van der Waals surface area (Å²) in [6.45, 7) is 1.92. The van der Waals surface area contributed by atoms with Crippen molar-refractivity contribution in [3.8, 4) is 5.75 Å². The van der Waals surface area contributed by atoms with Gasteiger partial charge in [-0.1, -0.05) is 36.4 Å². The van der Waals surface area contributed by atoms with E-state index < -0.39 is 10.0 Å². The number of benzene rings is 2.